The van der Waals surface area contributed by atoms with Gasteiger partial charge in [-0.15, -0.1) is 0 Å². The molecule has 0 fully saturated rings. The fourth-order valence-electron chi connectivity index (χ4n) is 3.44. The molecule has 0 atom stereocenters. The highest BCUT2D eigenvalue weighted by Gasteiger charge is 2.19. The summed E-state index contributed by atoms with van der Waals surface area (Å²) in [6.45, 7) is 9.88. The Hall–Kier alpha value is -3.07. The first-order chi connectivity index (χ1) is 23.0. The van der Waals surface area contributed by atoms with Crippen LogP contribution in [0.25, 0.3) is 0 Å². The summed E-state index contributed by atoms with van der Waals surface area (Å²) in [5.41, 5.74) is -0.535. The minimum Gasteiger partial charge on any atom is -0.466 e. The van der Waals surface area contributed by atoms with Crippen LogP contribution in [0.15, 0.2) is 18.2 Å². The SMILES string of the molecule is CCOC(=O)CCOCCOCCOCCOCCOCCOCCOCCOCCOCCNc1ccc([N+](=O)[O-])cc1[N+](=O)[O-]. The van der Waals surface area contributed by atoms with E-state index in [0.717, 1.165) is 6.07 Å². The average molecular weight is 680 g/mol. The number of esters is 1. The molecule has 0 radical (unpaired) electrons. The van der Waals surface area contributed by atoms with Crippen molar-refractivity contribution in [3.63, 3.8) is 0 Å². The third-order valence-corrected chi connectivity index (χ3v) is 5.68. The lowest BCUT2D eigenvalue weighted by Gasteiger charge is -2.09. The molecule has 0 bridgehead atoms. The third kappa shape index (κ3) is 24.7. The van der Waals surface area contributed by atoms with Crippen molar-refractivity contribution in [2.24, 2.45) is 0 Å². The van der Waals surface area contributed by atoms with Crippen LogP contribution < -0.4 is 5.32 Å². The Morgan fingerprint density at radius 3 is 1.34 bits per heavy atom. The highest BCUT2D eigenvalue weighted by atomic mass is 16.6. The van der Waals surface area contributed by atoms with E-state index in [9.17, 15) is 25.0 Å². The summed E-state index contributed by atoms with van der Waals surface area (Å²) in [6, 6.07) is 3.42. The number of nitro benzene ring substituents is 2. The summed E-state index contributed by atoms with van der Waals surface area (Å²) >= 11 is 0. The first-order valence-electron chi connectivity index (χ1n) is 15.5. The lowest BCUT2D eigenvalue weighted by atomic mass is 10.2. The van der Waals surface area contributed by atoms with Crippen LogP contribution in [-0.4, -0.2) is 148 Å². The molecule has 0 unspecified atom stereocenters. The molecule has 0 aliphatic heterocycles. The van der Waals surface area contributed by atoms with Crippen molar-refractivity contribution in [3.8, 4) is 0 Å². The molecule has 18 heteroatoms. The van der Waals surface area contributed by atoms with Crippen molar-refractivity contribution in [2.45, 2.75) is 13.3 Å². The minimum atomic E-state index is -0.684. The summed E-state index contributed by atoms with van der Waals surface area (Å²) < 4.78 is 53.5. The van der Waals surface area contributed by atoms with Crippen LogP contribution in [0.5, 0.6) is 0 Å². The maximum Gasteiger partial charge on any atom is 0.308 e. The molecule has 0 aliphatic carbocycles. The van der Waals surface area contributed by atoms with Gasteiger partial charge in [-0.1, -0.05) is 0 Å². The number of carbonyl (C=O) groups is 1. The Bertz CT molecular complexity index is 957. The molecule has 1 rings (SSSR count). The van der Waals surface area contributed by atoms with E-state index in [-0.39, 0.29) is 42.6 Å². The highest BCUT2D eigenvalue weighted by molar-refractivity contribution is 5.69. The number of hydrogen-bond donors (Lipinski definition) is 1. The lowest BCUT2D eigenvalue weighted by Crippen LogP contribution is -2.16. The molecule has 0 saturated heterocycles. The molecule has 1 aromatic rings. The van der Waals surface area contributed by atoms with Gasteiger partial charge in [-0.2, -0.15) is 0 Å². The molecule has 0 aliphatic rings. The second-order valence-corrected chi connectivity index (χ2v) is 9.21. The number of anilines is 1. The van der Waals surface area contributed by atoms with Gasteiger partial charge in [-0.05, 0) is 13.0 Å². The van der Waals surface area contributed by atoms with Gasteiger partial charge in [0, 0.05) is 12.6 Å². The highest BCUT2D eigenvalue weighted by Crippen LogP contribution is 2.28. The van der Waals surface area contributed by atoms with E-state index in [0.29, 0.717) is 119 Å². The number of hydrogen-bond acceptors (Lipinski definition) is 16. The van der Waals surface area contributed by atoms with Gasteiger partial charge in [-0.3, -0.25) is 25.0 Å². The Morgan fingerprint density at radius 1 is 0.596 bits per heavy atom. The second-order valence-electron chi connectivity index (χ2n) is 9.21. The smallest absolute Gasteiger partial charge is 0.308 e. The minimum absolute atomic E-state index is 0.182. The van der Waals surface area contributed by atoms with Crippen LogP contribution in [0.1, 0.15) is 13.3 Å². The quantitative estimate of drug-likeness (QED) is 0.0478. The van der Waals surface area contributed by atoms with E-state index in [4.69, 9.17) is 47.4 Å². The van der Waals surface area contributed by atoms with Gasteiger partial charge in [-0.25, -0.2) is 0 Å². The molecule has 0 aromatic heterocycles. The number of nitrogens with zero attached hydrogens (tertiary/aromatic N) is 2. The molecule has 0 spiro atoms. The van der Waals surface area contributed by atoms with Gasteiger partial charge in [0.2, 0.25) is 0 Å². The molecular weight excluding hydrogens is 630 g/mol. The number of benzene rings is 1. The van der Waals surface area contributed by atoms with Crippen LogP contribution in [0, 0.1) is 20.2 Å². The largest absolute Gasteiger partial charge is 0.466 e. The van der Waals surface area contributed by atoms with Gasteiger partial charge in [0.1, 0.15) is 5.69 Å². The van der Waals surface area contributed by atoms with Crippen LogP contribution in [0.4, 0.5) is 17.1 Å². The zero-order valence-electron chi connectivity index (χ0n) is 27.1. The van der Waals surface area contributed by atoms with Crippen LogP contribution in [-0.2, 0) is 52.2 Å². The molecular formula is C29H49N3O15. The van der Waals surface area contributed by atoms with Gasteiger partial charge in [0.05, 0.1) is 148 Å². The number of non-ortho nitro benzene ring substituents is 1. The molecule has 1 aromatic carbocycles. The van der Waals surface area contributed by atoms with E-state index >= 15 is 0 Å². The van der Waals surface area contributed by atoms with E-state index < -0.39 is 9.85 Å². The van der Waals surface area contributed by atoms with Crippen molar-refractivity contribution in [3.05, 3.63) is 38.4 Å². The number of carbonyl (C=O) groups excluding carboxylic acids is 1. The normalized spacial score (nSPS) is 11.1. The number of rotatable bonds is 34. The third-order valence-electron chi connectivity index (χ3n) is 5.68. The van der Waals surface area contributed by atoms with Gasteiger partial charge >= 0.3 is 5.97 Å². The molecule has 0 amide bonds. The molecule has 1 N–H and O–H groups in total. The van der Waals surface area contributed by atoms with E-state index in [1.807, 2.05) is 0 Å². The zero-order chi connectivity index (χ0) is 34.2. The Labute approximate surface area is 274 Å². The van der Waals surface area contributed by atoms with Crippen molar-refractivity contribution in [2.75, 3.05) is 137 Å². The molecule has 18 nitrogen and oxygen atoms in total. The molecule has 270 valence electrons. The number of nitro groups is 2. The van der Waals surface area contributed by atoms with Crippen LogP contribution in [0.3, 0.4) is 0 Å². The fourth-order valence-corrected chi connectivity index (χ4v) is 3.44. The van der Waals surface area contributed by atoms with Gasteiger partial charge < -0.3 is 52.7 Å². The summed E-state index contributed by atoms with van der Waals surface area (Å²) in [6.07, 6.45) is 0.241. The van der Waals surface area contributed by atoms with Crippen molar-refractivity contribution >= 4 is 23.0 Å². The predicted octanol–water partition coefficient (Wildman–Crippen LogP) is 2.02. The Kier molecular flexibility index (Phi) is 27.0. The van der Waals surface area contributed by atoms with Gasteiger partial charge in [0.25, 0.3) is 11.4 Å². The predicted molar refractivity (Wildman–Crippen MR) is 167 cm³/mol. The van der Waals surface area contributed by atoms with E-state index in [1.165, 1.54) is 12.1 Å². The van der Waals surface area contributed by atoms with Crippen molar-refractivity contribution in [1.29, 1.82) is 0 Å². The fraction of sp³-hybridized carbons (Fsp3) is 0.759. The maximum atomic E-state index is 11.1. The maximum absolute atomic E-state index is 11.1. The zero-order valence-corrected chi connectivity index (χ0v) is 27.1. The summed E-state index contributed by atoms with van der Waals surface area (Å²) in [4.78, 5) is 31.7. The van der Waals surface area contributed by atoms with Crippen LogP contribution >= 0.6 is 0 Å². The lowest BCUT2D eigenvalue weighted by molar-refractivity contribution is -0.393. The van der Waals surface area contributed by atoms with Crippen molar-refractivity contribution < 1.29 is 62.0 Å². The summed E-state index contributed by atoms with van der Waals surface area (Å²) in [7, 11) is 0. The Morgan fingerprint density at radius 2 is 0.979 bits per heavy atom. The van der Waals surface area contributed by atoms with Crippen molar-refractivity contribution in [1.82, 2.24) is 0 Å². The Balaban J connectivity index is 1.75. The second kappa shape index (κ2) is 30.3. The molecule has 0 heterocycles. The summed E-state index contributed by atoms with van der Waals surface area (Å²) in [5.74, 6) is -0.265. The van der Waals surface area contributed by atoms with Gasteiger partial charge in [0.15, 0.2) is 0 Å². The molecule has 47 heavy (non-hydrogen) atoms. The molecule has 0 saturated carbocycles. The average Bonchev–Trinajstić information content (AvgIpc) is 3.05. The number of nitrogens with one attached hydrogen (secondary N) is 1. The van der Waals surface area contributed by atoms with E-state index in [2.05, 4.69) is 5.32 Å². The first-order valence-corrected chi connectivity index (χ1v) is 15.5. The number of ether oxygens (including phenoxy) is 10. The van der Waals surface area contributed by atoms with E-state index in [1.54, 1.807) is 6.92 Å². The first kappa shape index (κ1) is 42.0. The standard InChI is InChI=1S/C29H49N3O15/c1-2-47-29(33)5-7-38-9-11-40-13-15-42-17-19-44-21-23-46-24-22-45-20-18-43-16-14-41-12-10-39-8-6-30-27-4-3-26(31(34)35)25-28(27)32(36)37/h3-4,25,30H,2,5-24H2,1H3. The monoisotopic (exact) mass is 679 g/mol. The summed E-state index contributed by atoms with van der Waals surface area (Å²) in [5, 5.41) is 24.8. The van der Waals surface area contributed by atoms with Crippen LogP contribution in [0.2, 0.25) is 0 Å². The topological polar surface area (TPSA) is 208 Å².